The van der Waals surface area contributed by atoms with Gasteiger partial charge in [-0.2, -0.15) is 0 Å². The highest BCUT2D eigenvalue weighted by Crippen LogP contribution is 2.63. The lowest BCUT2D eigenvalue weighted by molar-refractivity contribution is 0.195. The van der Waals surface area contributed by atoms with Gasteiger partial charge in [0.25, 0.3) is 0 Å². The molecule has 1 aliphatic heterocycles. The lowest BCUT2D eigenvalue weighted by Crippen LogP contribution is -2.54. The summed E-state index contributed by atoms with van der Waals surface area (Å²) in [6.45, 7) is 19.4. The molecule has 0 N–H and O–H groups in total. The summed E-state index contributed by atoms with van der Waals surface area (Å²) in [5, 5.41) is 2.33. The van der Waals surface area contributed by atoms with Gasteiger partial charge in [-0.05, 0) is 170 Å². The number of hydrogen-bond acceptors (Lipinski definition) is 3. The molecule has 11 aromatic rings. The van der Waals surface area contributed by atoms with Gasteiger partial charge in [-0.1, -0.05) is 201 Å². The summed E-state index contributed by atoms with van der Waals surface area (Å²) in [7, 11) is 0. The van der Waals surface area contributed by atoms with Gasteiger partial charge < -0.3 is 14.2 Å². The molecule has 16 rings (SSSR count). The molecule has 0 spiro atoms. The first-order chi connectivity index (χ1) is 38.7. The highest BCUT2D eigenvalue weighted by Gasteiger charge is 2.58. The van der Waals surface area contributed by atoms with Gasteiger partial charge in [-0.25, -0.2) is 0 Å². The highest BCUT2D eigenvalue weighted by atomic mass is 16.3. The predicted molar refractivity (Wildman–Crippen MR) is 335 cm³/mol. The first-order valence-electron chi connectivity index (χ1n) is 29.2. The Morgan fingerprint density at radius 2 is 0.900 bits per heavy atom. The summed E-state index contributed by atoms with van der Waals surface area (Å²) in [4.78, 5) is 5.16. The van der Waals surface area contributed by atoms with Crippen molar-refractivity contribution in [1.29, 1.82) is 0 Å². The molecule has 1 saturated carbocycles. The fourth-order valence-corrected chi connectivity index (χ4v) is 16.4. The Balaban J connectivity index is 0.866. The Bertz CT molecular complexity index is 4330. The predicted octanol–water partition coefficient (Wildman–Crippen LogP) is 21.1. The van der Waals surface area contributed by atoms with E-state index < -0.39 is 0 Å². The van der Waals surface area contributed by atoms with Crippen LogP contribution in [0.25, 0.3) is 77.6 Å². The molecule has 0 bridgehead atoms. The van der Waals surface area contributed by atoms with E-state index in [1.54, 1.807) is 0 Å². The van der Waals surface area contributed by atoms with E-state index in [2.05, 4.69) is 271 Å². The molecular weight excluding hydrogens is 969 g/mol. The van der Waals surface area contributed by atoms with Crippen LogP contribution in [0, 0.1) is 0 Å². The van der Waals surface area contributed by atoms with E-state index >= 15 is 0 Å². The van der Waals surface area contributed by atoms with Crippen molar-refractivity contribution in [3.8, 4) is 55.6 Å². The Hall–Kier alpha value is -8.40. The van der Waals surface area contributed by atoms with E-state index in [0.717, 1.165) is 51.2 Å². The smallest absolute Gasteiger partial charge is 0.144 e. The zero-order chi connectivity index (χ0) is 54.2. The molecule has 3 heteroatoms. The van der Waals surface area contributed by atoms with Crippen LogP contribution in [0.15, 0.2) is 211 Å². The van der Waals surface area contributed by atoms with Gasteiger partial charge in [0.15, 0.2) is 0 Å². The molecule has 2 atom stereocenters. The van der Waals surface area contributed by atoms with Crippen LogP contribution in [-0.2, 0) is 21.7 Å². The van der Waals surface area contributed by atoms with Crippen LogP contribution < -0.4 is 9.80 Å². The zero-order valence-corrected chi connectivity index (χ0v) is 47.3. The minimum absolute atomic E-state index is 0.0167. The average molecular weight is 1040 g/mol. The lowest BCUT2D eigenvalue weighted by Gasteiger charge is -2.50. The van der Waals surface area contributed by atoms with Crippen LogP contribution in [0.1, 0.15) is 120 Å². The molecule has 2 unspecified atom stereocenters. The van der Waals surface area contributed by atoms with Crippen molar-refractivity contribution in [2.24, 2.45) is 0 Å². The summed E-state index contributed by atoms with van der Waals surface area (Å²) in [6, 6.07) is 78.3. The van der Waals surface area contributed by atoms with Crippen molar-refractivity contribution in [2.75, 3.05) is 9.80 Å². The highest BCUT2D eigenvalue weighted by molar-refractivity contribution is 6.20. The molecule has 390 valence electrons. The normalized spacial score (nSPS) is 19.9. The third-order valence-corrected chi connectivity index (χ3v) is 20.8. The van der Waals surface area contributed by atoms with Crippen molar-refractivity contribution >= 4 is 50.4 Å². The van der Waals surface area contributed by atoms with E-state index in [4.69, 9.17) is 4.42 Å². The van der Waals surface area contributed by atoms with Crippen molar-refractivity contribution in [2.45, 2.75) is 108 Å². The van der Waals surface area contributed by atoms with Crippen LogP contribution in [0.5, 0.6) is 0 Å². The summed E-state index contributed by atoms with van der Waals surface area (Å²) >= 11 is 0. The third kappa shape index (κ3) is 6.21. The number of rotatable bonds is 6. The standard InChI is InChI=1S/C77H66N2O/c1-73(2)61-28-15-12-23-54(61)56-38-36-51(44-64(56)73)78(52-37-39-57-55-24-13-16-29-62(55)74(3,4)65(57)45-52)49-34-31-47(32-35-49)53-26-20-27-59-69-60(46-67-70(72(69)80-71(53)59)58-25-14-17-30-63(58)75(67,5)6)48-33-40-68-66(43-48)76(7)41-18-19-42-77(76,8)79(68)50-21-10-9-11-22-50/h9-17,20-40,43-46H,18-19,41-42H2,1-8H3. The summed E-state index contributed by atoms with van der Waals surface area (Å²) in [5.41, 5.74) is 29.5. The molecule has 0 saturated heterocycles. The molecule has 3 nitrogen and oxygen atoms in total. The number of fused-ring (bicyclic) bond motifs is 16. The Kier molecular flexibility index (Phi) is 9.73. The number of anilines is 5. The molecular formula is C77H66N2O. The van der Waals surface area contributed by atoms with E-state index in [1.165, 1.54) is 119 Å². The maximum absolute atomic E-state index is 7.56. The Morgan fingerprint density at radius 1 is 0.375 bits per heavy atom. The molecule has 1 fully saturated rings. The molecule has 1 aromatic heterocycles. The number of hydrogen-bond donors (Lipinski definition) is 0. The minimum atomic E-state index is -0.218. The zero-order valence-electron chi connectivity index (χ0n) is 47.3. The van der Waals surface area contributed by atoms with Crippen LogP contribution >= 0.6 is 0 Å². The summed E-state index contributed by atoms with van der Waals surface area (Å²) < 4.78 is 7.56. The average Bonchev–Trinajstić information content (AvgIpc) is 3.49. The number of benzene rings is 10. The van der Waals surface area contributed by atoms with E-state index in [9.17, 15) is 0 Å². The SMILES string of the molecule is CC1(C)c2ccccc2-c2ccc(N(c3ccc(-c4cccc5c4oc4c6c(cc(-c7ccc8c(c7)C7(C)CCCCC7(C)N8c7ccccc7)c45)C(C)(C)c4ccccc4-6)cc3)c3ccc4c(c3)C(C)(C)c3ccccc3-4)cc21. The molecule has 10 aromatic carbocycles. The maximum atomic E-state index is 7.56. The van der Waals surface area contributed by atoms with Gasteiger partial charge in [0.2, 0.25) is 0 Å². The first-order valence-corrected chi connectivity index (χ1v) is 29.2. The summed E-state index contributed by atoms with van der Waals surface area (Å²) in [5.74, 6) is 0. The van der Waals surface area contributed by atoms with E-state index in [-0.39, 0.29) is 27.2 Å². The second kappa shape index (κ2) is 16.4. The van der Waals surface area contributed by atoms with Crippen molar-refractivity contribution in [3.63, 3.8) is 0 Å². The molecule has 80 heavy (non-hydrogen) atoms. The van der Waals surface area contributed by atoms with E-state index in [1.807, 2.05) is 0 Å². The quantitative estimate of drug-likeness (QED) is 0.165. The second-order valence-corrected chi connectivity index (χ2v) is 25.9. The number of nitrogens with zero attached hydrogens (tertiary/aromatic N) is 2. The molecule has 0 radical (unpaired) electrons. The number of para-hydroxylation sites is 2. The van der Waals surface area contributed by atoms with Crippen molar-refractivity contribution in [1.82, 2.24) is 0 Å². The molecule has 2 heterocycles. The molecule has 0 amide bonds. The second-order valence-electron chi connectivity index (χ2n) is 25.9. The van der Waals surface area contributed by atoms with Crippen LogP contribution in [0.4, 0.5) is 28.4 Å². The first kappa shape index (κ1) is 47.6. The fourth-order valence-electron chi connectivity index (χ4n) is 16.4. The molecule has 5 aliphatic rings. The van der Waals surface area contributed by atoms with Gasteiger partial charge in [-0.15, -0.1) is 0 Å². The Labute approximate surface area is 471 Å². The Morgan fingerprint density at radius 3 is 1.55 bits per heavy atom. The van der Waals surface area contributed by atoms with Gasteiger partial charge in [0, 0.05) is 72.0 Å². The van der Waals surface area contributed by atoms with Gasteiger partial charge >= 0.3 is 0 Å². The monoisotopic (exact) mass is 1030 g/mol. The van der Waals surface area contributed by atoms with Crippen molar-refractivity contribution in [3.05, 3.63) is 245 Å². The van der Waals surface area contributed by atoms with Crippen LogP contribution in [0.2, 0.25) is 0 Å². The summed E-state index contributed by atoms with van der Waals surface area (Å²) in [6.07, 6.45) is 4.81. The third-order valence-electron chi connectivity index (χ3n) is 20.8. The van der Waals surface area contributed by atoms with Crippen LogP contribution in [-0.4, -0.2) is 5.54 Å². The van der Waals surface area contributed by atoms with Crippen LogP contribution in [0.3, 0.4) is 0 Å². The van der Waals surface area contributed by atoms with Gasteiger partial charge in [0.05, 0.1) is 5.54 Å². The lowest BCUT2D eigenvalue weighted by atomic mass is 9.61. The van der Waals surface area contributed by atoms with Gasteiger partial charge in [-0.3, -0.25) is 0 Å². The number of furan rings is 1. The largest absolute Gasteiger partial charge is 0.455 e. The van der Waals surface area contributed by atoms with Crippen molar-refractivity contribution < 1.29 is 4.42 Å². The van der Waals surface area contributed by atoms with E-state index in [0.29, 0.717) is 0 Å². The topological polar surface area (TPSA) is 19.6 Å². The fraction of sp³-hybridized carbons (Fsp3) is 0.221. The molecule has 4 aliphatic carbocycles. The maximum Gasteiger partial charge on any atom is 0.144 e. The van der Waals surface area contributed by atoms with Gasteiger partial charge in [0.1, 0.15) is 11.2 Å². The minimum Gasteiger partial charge on any atom is -0.455 e.